The number of carbonyl (C=O) groups is 1. The predicted octanol–water partition coefficient (Wildman–Crippen LogP) is 1.21. The van der Waals surface area contributed by atoms with Crippen LogP contribution in [-0.2, 0) is 4.79 Å². The minimum absolute atomic E-state index is 0.0408. The number of carbonyl (C=O) groups excluding carboxylic acids is 1. The lowest BCUT2D eigenvalue weighted by atomic mass is 9.76. The lowest BCUT2D eigenvalue weighted by Gasteiger charge is -2.41. The summed E-state index contributed by atoms with van der Waals surface area (Å²) in [5.41, 5.74) is -0.289. The van der Waals surface area contributed by atoms with Crippen LogP contribution in [0.1, 0.15) is 39.5 Å². The van der Waals surface area contributed by atoms with Gasteiger partial charge in [0.2, 0.25) is 5.91 Å². The standard InChI is InChI=1S/C14H26N2O2/c1-4-8-15-13(18)12(3)16-14(10-17)7-5-6-11(2)9-14/h4,11-12,16-17H,1,5-10H2,2-3H3,(H,15,18). The van der Waals surface area contributed by atoms with Gasteiger partial charge in [0.15, 0.2) is 0 Å². The van der Waals surface area contributed by atoms with E-state index in [1.54, 1.807) is 6.08 Å². The maximum atomic E-state index is 11.8. The molecule has 18 heavy (non-hydrogen) atoms. The lowest BCUT2D eigenvalue weighted by Crippen LogP contribution is -2.58. The van der Waals surface area contributed by atoms with E-state index in [0.717, 1.165) is 19.3 Å². The van der Waals surface area contributed by atoms with Gasteiger partial charge in [-0.05, 0) is 25.7 Å². The van der Waals surface area contributed by atoms with Crippen molar-refractivity contribution >= 4 is 5.91 Å². The second kappa shape index (κ2) is 6.90. The van der Waals surface area contributed by atoms with Crippen molar-refractivity contribution in [2.75, 3.05) is 13.2 Å². The van der Waals surface area contributed by atoms with Crippen LogP contribution in [0.25, 0.3) is 0 Å². The van der Waals surface area contributed by atoms with Crippen molar-refractivity contribution in [2.24, 2.45) is 5.92 Å². The Hall–Kier alpha value is -0.870. The first-order chi connectivity index (χ1) is 8.53. The molecule has 0 bridgehead atoms. The molecular formula is C14H26N2O2. The van der Waals surface area contributed by atoms with Gasteiger partial charge in [-0.2, -0.15) is 0 Å². The van der Waals surface area contributed by atoms with Crippen molar-refractivity contribution in [1.29, 1.82) is 0 Å². The minimum Gasteiger partial charge on any atom is -0.394 e. The van der Waals surface area contributed by atoms with E-state index in [1.165, 1.54) is 6.42 Å². The molecule has 104 valence electrons. The van der Waals surface area contributed by atoms with Crippen LogP contribution >= 0.6 is 0 Å². The molecule has 1 amide bonds. The van der Waals surface area contributed by atoms with E-state index in [4.69, 9.17) is 0 Å². The average molecular weight is 254 g/mol. The average Bonchev–Trinajstić information content (AvgIpc) is 2.35. The molecule has 3 unspecified atom stereocenters. The van der Waals surface area contributed by atoms with E-state index in [0.29, 0.717) is 12.5 Å². The van der Waals surface area contributed by atoms with E-state index < -0.39 is 0 Å². The summed E-state index contributed by atoms with van der Waals surface area (Å²) >= 11 is 0. The Morgan fingerprint density at radius 3 is 2.94 bits per heavy atom. The molecule has 0 radical (unpaired) electrons. The Balaban J connectivity index is 2.56. The monoisotopic (exact) mass is 254 g/mol. The third-order valence-corrected chi connectivity index (χ3v) is 3.73. The molecule has 0 heterocycles. The van der Waals surface area contributed by atoms with Crippen LogP contribution in [0.5, 0.6) is 0 Å². The maximum Gasteiger partial charge on any atom is 0.237 e. The SMILES string of the molecule is C=CCNC(=O)C(C)NC1(CO)CCCC(C)C1. The van der Waals surface area contributed by atoms with Crippen molar-refractivity contribution in [3.8, 4) is 0 Å². The number of aliphatic hydroxyl groups is 1. The van der Waals surface area contributed by atoms with Gasteiger partial charge in [-0.15, -0.1) is 6.58 Å². The van der Waals surface area contributed by atoms with Crippen LogP contribution in [0.4, 0.5) is 0 Å². The third-order valence-electron chi connectivity index (χ3n) is 3.73. The second-order valence-electron chi connectivity index (χ2n) is 5.54. The third kappa shape index (κ3) is 4.10. The molecule has 3 atom stereocenters. The van der Waals surface area contributed by atoms with Crippen molar-refractivity contribution in [2.45, 2.75) is 51.1 Å². The summed E-state index contributed by atoms with van der Waals surface area (Å²) in [5.74, 6) is 0.558. The van der Waals surface area contributed by atoms with Gasteiger partial charge in [-0.25, -0.2) is 0 Å². The summed E-state index contributed by atoms with van der Waals surface area (Å²) in [5, 5.41) is 15.8. The molecule has 1 aliphatic rings. The smallest absolute Gasteiger partial charge is 0.237 e. The number of rotatable bonds is 6. The molecule has 1 rings (SSSR count). The zero-order valence-corrected chi connectivity index (χ0v) is 11.5. The maximum absolute atomic E-state index is 11.8. The molecule has 3 N–H and O–H groups in total. The molecule has 0 aromatic rings. The molecule has 1 aliphatic carbocycles. The van der Waals surface area contributed by atoms with E-state index in [1.807, 2.05) is 6.92 Å². The Morgan fingerprint density at radius 2 is 2.39 bits per heavy atom. The summed E-state index contributed by atoms with van der Waals surface area (Å²) < 4.78 is 0. The molecule has 4 heteroatoms. The predicted molar refractivity (Wildman–Crippen MR) is 73.3 cm³/mol. The summed E-state index contributed by atoms with van der Waals surface area (Å²) in [6.45, 7) is 8.19. The van der Waals surface area contributed by atoms with Crippen molar-refractivity contribution in [3.05, 3.63) is 12.7 Å². The Labute approximate surface area is 110 Å². The molecule has 1 saturated carbocycles. The molecule has 0 spiro atoms. The number of hydrogen-bond acceptors (Lipinski definition) is 3. The number of aliphatic hydroxyl groups excluding tert-OH is 1. The van der Waals surface area contributed by atoms with Crippen molar-refractivity contribution in [3.63, 3.8) is 0 Å². The topological polar surface area (TPSA) is 61.4 Å². The fourth-order valence-electron chi connectivity index (χ4n) is 2.83. The highest BCUT2D eigenvalue weighted by molar-refractivity contribution is 5.81. The van der Waals surface area contributed by atoms with E-state index in [2.05, 4.69) is 24.1 Å². The summed E-state index contributed by atoms with van der Waals surface area (Å²) in [6, 6.07) is -0.289. The minimum atomic E-state index is -0.289. The van der Waals surface area contributed by atoms with E-state index in [9.17, 15) is 9.90 Å². The number of nitrogens with one attached hydrogen (secondary N) is 2. The first-order valence-electron chi connectivity index (χ1n) is 6.80. The van der Waals surface area contributed by atoms with Crippen LogP contribution < -0.4 is 10.6 Å². The summed E-state index contributed by atoms with van der Waals surface area (Å²) in [4.78, 5) is 11.8. The van der Waals surface area contributed by atoms with Gasteiger partial charge in [-0.1, -0.05) is 25.8 Å². The van der Waals surface area contributed by atoms with Gasteiger partial charge in [0.05, 0.1) is 12.6 Å². The first kappa shape index (κ1) is 15.2. The van der Waals surface area contributed by atoms with Crippen molar-refractivity contribution < 1.29 is 9.90 Å². The summed E-state index contributed by atoms with van der Waals surface area (Å²) in [7, 11) is 0. The van der Waals surface area contributed by atoms with Crippen LogP contribution in [0, 0.1) is 5.92 Å². The van der Waals surface area contributed by atoms with Gasteiger partial charge in [0, 0.05) is 12.1 Å². The second-order valence-corrected chi connectivity index (χ2v) is 5.54. The Morgan fingerprint density at radius 1 is 1.67 bits per heavy atom. The highest BCUT2D eigenvalue weighted by Gasteiger charge is 2.36. The van der Waals surface area contributed by atoms with Gasteiger partial charge in [0.1, 0.15) is 0 Å². The van der Waals surface area contributed by atoms with Crippen LogP contribution in [-0.4, -0.2) is 35.7 Å². The van der Waals surface area contributed by atoms with Crippen LogP contribution in [0.2, 0.25) is 0 Å². The fraction of sp³-hybridized carbons (Fsp3) is 0.786. The number of hydrogen-bond donors (Lipinski definition) is 3. The Bertz CT molecular complexity index is 294. The molecule has 0 saturated heterocycles. The highest BCUT2D eigenvalue weighted by atomic mass is 16.3. The molecule has 0 aromatic heterocycles. The summed E-state index contributed by atoms with van der Waals surface area (Å²) in [6.07, 6.45) is 5.85. The molecule has 0 aromatic carbocycles. The normalized spacial score (nSPS) is 29.6. The molecule has 4 nitrogen and oxygen atoms in total. The highest BCUT2D eigenvalue weighted by Crippen LogP contribution is 2.32. The van der Waals surface area contributed by atoms with Gasteiger partial charge in [0.25, 0.3) is 0 Å². The molecular weight excluding hydrogens is 228 g/mol. The van der Waals surface area contributed by atoms with Gasteiger partial charge in [-0.3, -0.25) is 10.1 Å². The van der Waals surface area contributed by atoms with Gasteiger partial charge >= 0.3 is 0 Å². The number of amides is 1. The van der Waals surface area contributed by atoms with Gasteiger partial charge < -0.3 is 10.4 Å². The Kier molecular flexibility index (Phi) is 5.82. The van der Waals surface area contributed by atoms with Crippen molar-refractivity contribution in [1.82, 2.24) is 10.6 Å². The molecule has 0 aliphatic heterocycles. The largest absolute Gasteiger partial charge is 0.394 e. The van der Waals surface area contributed by atoms with E-state index in [-0.39, 0.29) is 24.1 Å². The molecule has 1 fully saturated rings. The fourth-order valence-corrected chi connectivity index (χ4v) is 2.83. The zero-order valence-electron chi connectivity index (χ0n) is 11.5. The quantitative estimate of drug-likeness (QED) is 0.624. The first-order valence-corrected chi connectivity index (χ1v) is 6.80. The van der Waals surface area contributed by atoms with Crippen LogP contribution in [0.15, 0.2) is 12.7 Å². The zero-order chi connectivity index (χ0) is 13.6. The van der Waals surface area contributed by atoms with E-state index >= 15 is 0 Å². The van der Waals surface area contributed by atoms with Crippen LogP contribution in [0.3, 0.4) is 0 Å². The lowest BCUT2D eigenvalue weighted by molar-refractivity contribution is -0.123.